The van der Waals surface area contributed by atoms with Crippen molar-refractivity contribution in [1.82, 2.24) is 19.9 Å². The summed E-state index contributed by atoms with van der Waals surface area (Å²) in [5.41, 5.74) is -1.09. The zero-order valence-corrected chi connectivity index (χ0v) is 29.1. The Morgan fingerprint density at radius 2 is 1.98 bits per heavy atom. The first-order valence-electron chi connectivity index (χ1n) is 16.9. The number of alkyl halides is 1. The quantitative estimate of drug-likeness (QED) is 0.147. The topological polar surface area (TPSA) is 131 Å². The molecule has 0 spiro atoms. The maximum Gasteiger partial charge on any atom is 0.329 e. The van der Waals surface area contributed by atoms with Crippen molar-refractivity contribution in [2.45, 2.75) is 90.1 Å². The molecule has 49 heavy (non-hydrogen) atoms. The highest BCUT2D eigenvalue weighted by Crippen LogP contribution is 2.41. The molecule has 3 atom stereocenters. The number of hydrogen-bond donors (Lipinski definition) is 1. The van der Waals surface area contributed by atoms with Gasteiger partial charge >= 0.3 is 5.97 Å². The number of pyridine rings is 1. The molecule has 4 aromatic rings. The molecular weight excluding hydrogens is 653 g/mol. The highest BCUT2D eigenvalue weighted by Gasteiger charge is 2.45. The molecular formula is C36H43ClFN5O6. The lowest BCUT2D eigenvalue weighted by molar-refractivity contribution is -0.156. The van der Waals surface area contributed by atoms with Gasteiger partial charge in [0.25, 0.3) is 5.56 Å². The molecule has 6 rings (SSSR count). The Kier molecular flexibility index (Phi) is 10.00. The standard InChI is InChI=1S/C36H43ClFN5O6/c1-22-20-42(16-14-36(22,38)25-18-23(37)19-39-33(25)45)29(44)13-7-8-17-47-21-28-40-30-24-10-5-6-12-27(24)48-31(30)32(41-28)43-15-9-11-26(43)34(46)49-35(2,3)4/h5-6,10,12,18-19,22,26H,7-9,11,13-17,20-21H2,1-4H3,(H,39,45)/t22-,26-,36+/m0/s1. The minimum absolute atomic E-state index is 0.0104. The Hall–Kier alpha value is -4.03. The van der Waals surface area contributed by atoms with Gasteiger partial charge in [-0.05, 0) is 64.7 Å². The SMILES string of the molecule is C[C@H]1CN(C(=O)CCCCOCc2nc(N3CCC[C@H]3C(=O)OC(C)(C)C)c3oc4ccccc4c3n2)CC[C@]1(F)c1cc(Cl)c[nH]c1=O. The highest BCUT2D eigenvalue weighted by molar-refractivity contribution is 6.30. The lowest BCUT2D eigenvalue weighted by Crippen LogP contribution is -2.50. The minimum Gasteiger partial charge on any atom is -0.458 e. The van der Waals surface area contributed by atoms with E-state index in [2.05, 4.69) is 4.98 Å². The van der Waals surface area contributed by atoms with Crippen LogP contribution in [0.2, 0.25) is 5.02 Å². The number of aromatic nitrogens is 3. The number of carbonyl (C=O) groups excluding carboxylic acids is 2. The van der Waals surface area contributed by atoms with Crippen LogP contribution in [0.5, 0.6) is 0 Å². The number of amides is 1. The molecule has 1 N–H and O–H groups in total. The van der Waals surface area contributed by atoms with Gasteiger partial charge in [0.05, 0.1) is 10.6 Å². The number of para-hydroxylation sites is 1. The second-order valence-corrected chi connectivity index (χ2v) is 14.5. The van der Waals surface area contributed by atoms with Crippen molar-refractivity contribution in [3.63, 3.8) is 0 Å². The smallest absolute Gasteiger partial charge is 0.329 e. The van der Waals surface area contributed by atoms with Crippen molar-refractivity contribution in [1.29, 1.82) is 0 Å². The molecule has 2 aliphatic rings. The van der Waals surface area contributed by atoms with Crippen LogP contribution in [-0.2, 0) is 31.3 Å². The van der Waals surface area contributed by atoms with Crippen LogP contribution in [0.1, 0.15) is 77.6 Å². The number of nitrogens with zero attached hydrogens (tertiary/aromatic N) is 4. The second kappa shape index (κ2) is 14.1. The van der Waals surface area contributed by atoms with Crippen LogP contribution >= 0.6 is 11.6 Å². The predicted molar refractivity (Wildman–Crippen MR) is 184 cm³/mol. The number of esters is 1. The van der Waals surface area contributed by atoms with E-state index < -0.39 is 28.8 Å². The monoisotopic (exact) mass is 695 g/mol. The average Bonchev–Trinajstić information content (AvgIpc) is 3.69. The van der Waals surface area contributed by atoms with Gasteiger partial charge in [0, 0.05) is 56.6 Å². The number of piperidine rings is 1. The van der Waals surface area contributed by atoms with Gasteiger partial charge in [0.15, 0.2) is 17.2 Å². The summed E-state index contributed by atoms with van der Waals surface area (Å²) in [5, 5.41) is 1.12. The van der Waals surface area contributed by atoms with Crippen molar-refractivity contribution in [2.75, 3.05) is 31.1 Å². The van der Waals surface area contributed by atoms with Gasteiger partial charge in [-0.25, -0.2) is 19.2 Å². The Morgan fingerprint density at radius 1 is 1.18 bits per heavy atom. The molecule has 2 saturated heterocycles. The number of unbranched alkanes of at least 4 members (excludes halogenated alkanes) is 1. The molecule has 2 aliphatic heterocycles. The summed E-state index contributed by atoms with van der Waals surface area (Å²) in [7, 11) is 0. The summed E-state index contributed by atoms with van der Waals surface area (Å²) in [5.74, 6) is 0.105. The molecule has 0 radical (unpaired) electrons. The number of carbonyl (C=O) groups is 2. The summed E-state index contributed by atoms with van der Waals surface area (Å²) < 4.78 is 33.9. The molecule has 1 aromatic carbocycles. The molecule has 0 saturated carbocycles. The fourth-order valence-corrected chi connectivity index (χ4v) is 6.98. The number of furan rings is 1. The molecule has 13 heteroatoms. The first kappa shape index (κ1) is 34.8. The third-order valence-electron chi connectivity index (χ3n) is 9.30. The van der Waals surface area contributed by atoms with Crippen LogP contribution in [0.15, 0.2) is 45.7 Å². The predicted octanol–water partition coefficient (Wildman–Crippen LogP) is 6.45. The van der Waals surface area contributed by atoms with Gasteiger partial charge in [-0.3, -0.25) is 9.59 Å². The van der Waals surface area contributed by atoms with Gasteiger partial charge in [0.1, 0.15) is 35.0 Å². The van der Waals surface area contributed by atoms with Gasteiger partial charge in [0.2, 0.25) is 5.91 Å². The van der Waals surface area contributed by atoms with Crippen molar-refractivity contribution < 1.29 is 27.9 Å². The van der Waals surface area contributed by atoms with E-state index in [-0.39, 0.29) is 48.6 Å². The number of nitrogens with one attached hydrogen (secondary N) is 1. The number of likely N-dealkylation sites (tertiary alicyclic amines) is 1. The van der Waals surface area contributed by atoms with Crippen LogP contribution in [0.3, 0.4) is 0 Å². The fourth-order valence-electron chi connectivity index (χ4n) is 6.82. The number of benzene rings is 1. The van der Waals surface area contributed by atoms with Gasteiger partial charge < -0.3 is 28.7 Å². The number of ether oxygens (including phenoxy) is 2. The van der Waals surface area contributed by atoms with E-state index in [4.69, 9.17) is 35.5 Å². The zero-order valence-electron chi connectivity index (χ0n) is 28.4. The molecule has 3 aromatic heterocycles. The Balaban J connectivity index is 1.06. The van der Waals surface area contributed by atoms with Crippen LogP contribution in [0, 0.1) is 5.92 Å². The third-order valence-corrected chi connectivity index (χ3v) is 9.52. The Morgan fingerprint density at radius 3 is 2.76 bits per heavy atom. The molecule has 5 heterocycles. The van der Waals surface area contributed by atoms with Gasteiger partial charge in [-0.15, -0.1) is 0 Å². The number of rotatable bonds is 10. The van der Waals surface area contributed by atoms with Crippen molar-refractivity contribution >= 4 is 51.4 Å². The molecule has 0 aliphatic carbocycles. The highest BCUT2D eigenvalue weighted by atomic mass is 35.5. The van der Waals surface area contributed by atoms with Gasteiger partial charge in [-0.1, -0.05) is 30.7 Å². The Bertz CT molecular complexity index is 1910. The molecule has 1 amide bonds. The maximum absolute atomic E-state index is 16.0. The molecule has 262 valence electrons. The van der Waals surface area contributed by atoms with E-state index in [1.807, 2.05) is 49.9 Å². The number of anilines is 1. The largest absolute Gasteiger partial charge is 0.458 e. The molecule has 0 bridgehead atoms. The summed E-state index contributed by atoms with van der Waals surface area (Å²) in [4.78, 5) is 54.2. The van der Waals surface area contributed by atoms with Crippen LogP contribution in [-0.4, -0.2) is 69.6 Å². The second-order valence-electron chi connectivity index (χ2n) is 14.0. The number of halogens is 2. The molecule has 11 nitrogen and oxygen atoms in total. The number of H-pyrrole nitrogens is 1. The van der Waals surface area contributed by atoms with E-state index in [0.717, 1.165) is 11.8 Å². The van der Waals surface area contributed by atoms with Crippen molar-refractivity contribution in [3.05, 3.63) is 63.3 Å². The Labute approximate surface area is 289 Å². The lowest BCUT2D eigenvalue weighted by atomic mass is 9.79. The normalized spacial score (nSPS) is 21.5. The molecule has 0 unspecified atom stereocenters. The van der Waals surface area contributed by atoms with Crippen molar-refractivity contribution in [3.8, 4) is 0 Å². The van der Waals surface area contributed by atoms with E-state index >= 15 is 4.39 Å². The zero-order chi connectivity index (χ0) is 34.9. The minimum atomic E-state index is -1.86. The maximum atomic E-state index is 16.0. The van der Waals surface area contributed by atoms with E-state index in [0.29, 0.717) is 67.2 Å². The number of aromatic amines is 1. The van der Waals surface area contributed by atoms with E-state index in [1.54, 1.807) is 11.8 Å². The third kappa shape index (κ3) is 7.45. The fraction of sp³-hybridized carbons (Fsp3) is 0.528. The summed E-state index contributed by atoms with van der Waals surface area (Å²) in [6.45, 7) is 8.88. The van der Waals surface area contributed by atoms with Gasteiger partial charge in [-0.2, -0.15) is 0 Å². The molecule has 2 fully saturated rings. The van der Waals surface area contributed by atoms with Crippen LogP contribution < -0.4 is 10.5 Å². The summed E-state index contributed by atoms with van der Waals surface area (Å²) >= 11 is 6.02. The van der Waals surface area contributed by atoms with Crippen molar-refractivity contribution in [2.24, 2.45) is 5.92 Å². The summed E-state index contributed by atoms with van der Waals surface area (Å²) in [6.07, 6.45) is 4.37. The number of fused-ring (bicyclic) bond motifs is 3. The number of hydrogen-bond acceptors (Lipinski definition) is 9. The summed E-state index contributed by atoms with van der Waals surface area (Å²) in [6, 6.07) is 8.54. The average molecular weight is 696 g/mol. The first-order chi connectivity index (χ1) is 23.3. The lowest BCUT2D eigenvalue weighted by Gasteiger charge is -2.41. The van der Waals surface area contributed by atoms with Crippen LogP contribution in [0.4, 0.5) is 10.2 Å². The van der Waals surface area contributed by atoms with E-state index in [9.17, 15) is 14.4 Å². The first-order valence-corrected chi connectivity index (χ1v) is 17.3. The van der Waals surface area contributed by atoms with Crippen LogP contribution in [0.25, 0.3) is 22.1 Å². The van der Waals surface area contributed by atoms with E-state index in [1.165, 1.54) is 12.3 Å².